The minimum absolute atomic E-state index is 0.326. The summed E-state index contributed by atoms with van der Waals surface area (Å²) in [6.07, 6.45) is 26.2. The molecule has 2 nitrogen and oxygen atoms in total. The van der Waals surface area contributed by atoms with Crippen LogP contribution in [-0.2, 0) is 4.79 Å². The zero-order valence-corrected chi connectivity index (χ0v) is 17.1. The number of unbranched alkanes of at least 4 members (excludes halogenated alkanes) is 13. The smallest absolute Gasteiger partial charge is 0.303 e. The maximum Gasteiger partial charge on any atom is 0.303 e. The molecule has 0 aliphatic carbocycles. The fraction of sp³-hybridized carbons (Fsp3) is 0.870. The van der Waals surface area contributed by atoms with Crippen molar-refractivity contribution in [2.24, 2.45) is 5.92 Å². The standard InChI is InChI=1S/C23H44O2/c1-3-4-5-6-7-8-9-10-11-12-13-14-15-16-17-18-19-20-22(2)21-23(24)25/h10-11,22H,3-9,12-21H2,1-2H3,(H,24,25)/b11-10-. The van der Waals surface area contributed by atoms with Crippen LogP contribution in [0.25, 0.3) is 0 Å². The molecule has 0 aliphatic heterocycles. The number of aliphatic carboxylic acids is 1. The lowest BCUT2D eigenvalue weighted by Gasteiger charge is -2.07. The van der Waals surface area contributed by atoms with Gasteiger partial charge in [0.25, 0.3) is 0 Å². The summed E-state index contributed by atoms with van der Waals surface area (Å²) in [7, 11) is 0. The van der Waals surface area contributed by atoms with Gasteiger partial charge in [0.2, 0.25) is 0 Å². The highest BCUT2D eigenvalue weighted by Gasteiger charge is 2.06. The van der Waals surface area contributed by atoms with E-state index in [0.717, 1.165) is 6.42 Å². The van der Waals surface area contributed by atoms with Crippen LogP contribution in [0.4, 0.5) is 0 Å². The minimum Gasteiger partial charge on any atom is -0.481 e. The number of rotatable bonds is 19. The molecule has 0 amide bonds. The van der Waals surface area contributed by atoms with E-state index in [-0.39, 0.29) is 0 Å². The predicted molar refractivity (Wildman–Crippen MR) is 110 cm³/mol. The van der Waals surface area contributed by atoms with Crippen molar-refractivity contribution in [3.63, 3.8) is 0 Å². The molecule has 0 aromatic carbocycles. The Morgan fingerprint density at radius 2 is 1.20 bits per heavy atom. The molecule has 1 N–H and O–H groups in total. The molecule has 0 rings (SSSR count). The highest BCUT2D eigenvalue weighted by molar-refractivity contribution is 5.66. The first-order chi connectivity index (χ1) is 12.2. The first-order valence-corrected chi connectivity index (χ1v) is 11.0. The van der Waals surface area contributed by atoms with E-state index in [1.54, 1.807) is 0 Å². The van der Waals surface area contributed by atoms with Crippen LogP contribution in [-0.4, -0.2) is 11.1 Å². The largest absolute Gasteiger partial charge is 0.481 e. The monoisotopic (exact) mass is 352 g/mol. The molecule has 0 saturated carbocycles. The molecule has 0 aromatic rings. The lowest BCUT2D eigenvalue weighted by atomic mass is 9.99. The summed E-state index contributed by atoms with van der Waals surface area (Å²) in [6.45, 7) is 4.32. The van der Waals surface area contributed by atoms with Crippen LogP contribution in [0.1, 0.15) is 123 Å². The van der Waals surface area contributed by atoms with Gasteiger partial charge >= 0.3 is 5.97 Å². The predicted octanol–water partition coefficient (Wildman–Crippen LogP) is 7.91. The molecule has 0 radical (unpaired) electrons. The van der Waals surface area contributed by atoms with Crippen molar-refractivity contribution in [2.75, 3.05) is 0 Å². The third-order valence-electron chi connectivity index (χ3n) is 4.98. The number of allylic oxidation sites excluding steroid dienone is 2. The Labute approximate surface area is 157 Å². The highest BCUT2D eigenvalue weighted by Crippen LogP contribution is 2.15. The molecule has 148 valence electrons. The molecule has 1 unspecified atom stereocenters. The average molecular weight is 353 g/mol. The molecule has 1 atom stereocenters. The van der Waals surface area contributed by atoms with Gasteiger partial charge in [0.15, 0.2) is 0 Å². The normalized spacial score (nSPS) is 12.7. The third kappa shape index (κ3) is 21.2. The maximum atomic E-state index is 10.6. The number of carboxylic acids is 1. The van der Waals surface area contributed by atoms with E-state index in [0.29, 0.717) is 12.3 Å². The van der Waals surface area contributed by atoms with Crippen LogP contribution in [0, 0.1) is 5.92 Å². The van der Waals surface area contributed by atoms with Crippen molar-refractivity contribution in [3.8, 4) is 0 Å². The second-order valence-corrected chi connectivity index (χ2v) is 7.78. The van der Waals surface area contributed by atoms with E-state index in [4.69, 9.17) is 5.11 Å². The average Bonchev–Trinajstić information content (AvgIpc) is 2.57. The van der Waals surface area contributed by atoms with Crippen molar-refractivity contribution < 1.29 is 9.90 Å². The Kier molecular flexibility index (Phi) is 18.9. The quantitative estimate of drug-likeness (QED) is 0.189. The van der Waals surface area contributed by atoms with E-state index >= 15 is 0 Å². The Bertz CT molecular complexity index is 309. The van der Waals surface area contributed by atoms with Crippen LogP contribution >= 0.6 is 0 Å². The first kappa shape index (κ1) is 24.2. The Morgan fingerprint density at radius 1 is 0.760 bits per heavy atom. The summed E-state index contributed by atoms with van der Waals surface area (Å²) in [4.78, 5) is 10.6. The Balaban J connectivity index is 3.15. The van der Waals surface area contributed by atoms with Gasteiger partial charge < -0.3 is 5.11 Å². The summed E-state index contributed by atoms with van der Waals surface area (Å²) < 4.78 is 0. The molecule has 0 aliphatic rings. The molecule has 0 saturated heterocycles. The van der Waals surface area contributed by atoms with Crippen molar-refractivity contribution in [2.45, 2.75) is 123 Å². The summed E-state index contributed by atoms with van der Waals surface area (Å²) in [5, 5.41) is 8.72. The molecule has 25 heavy (non-hydrogen) atoms. The molecular weight excluding hydrogens is 308 g/mol. The van der Waals surface area contributed by atoms with Crippen molar-refractivity contribution in [1.82, 2.24) is 0 Å². The van der Waals surface area contributed by atoms with Crippen molar-refractivity contribution in [3.05, 3.63) is 12.2 Å². The van der Waals surface area contributed by atoms with Gasteiger partial charge in [-0.05, 0) is 31.6 Å². The van der Waals surface area contributed by atoms with Gasteiger partial charge in [-0.15, -0.1) is 0 Å². The fourth-order valence-electron chi connectivity index (χ4n) is 3.32. The van der Waals surface area contributed by atoms with Crippen molar-refractivity contribution in [1.29, 1.82) is 0 Å². The molecular formula is C23H44O2. The number of hydrogen-bond donors (Lipinski definition) is 1. The van der Waals surface area contributed by atoms with Crippen LogP contribution in [0.2, 0.25) is 0 Å². The van der Waals surface area contributed by atoms with Gasteiger partial charge in [0, 0.05) is 6.42 Å². The summed E-state index contributed by atoms with van der Waals surface area (Å²) in [5.74, 6) is -0.325. The van der Waals surface area contributed by atoms with Gasteiger partial charge in [-0.2, -0.15) is 0 Å². The van der Waals surface area contributed by atoms with Gasteiger partial charge in [-0.3, -0.25) is 4.79 Å². The Hall–Kier alpha value is -0.790. The zero-order chi connectivity index (χ0) is 18.6. The second-order valence-electron chi connectivity index (χ2n) is 7.78. The van der Waals surface area contributed by atoms with Gasteiger partial charge in [-0.1, -0.05) is 103 Å². The van der Waals surface area contributed by atoms with E-state index in [9.17, 15) is 4.79 Å². The fourth-order valence-corrected chi connectivity index (χ4v) is 3.32. The van der Waals surface area contributed by atoms with Gasteiger partial charge in [0.05, 0.1) is 0 Å². The van der Waals surface area contributed by atoms with Crippen LogP contribution in [0.5, 0.6) is 0 Å². The summed E-state index contributed by atoms with van der Waals surface area (Å²) in [5.41, 5.74) is 0. The van der Waals surface area contributed by atoms with E-state index in [1.165, 1.54) is 96.3 Å². The van der Waals surface area contributed by atoms with Gasteiger partial charge in [-0.25, -0.2) is 0 Å². The minimum atomic E-state index is -0.659. The maximum absolute atomic E-state index is 10.6. The Morgan fingerprint density at radius 3 is 1.68 bits per heavy atom. The van der Waals surface area contributed by atoms with Crippen LogP contribution < -0.4 is 0 Å². The van der Waals surface area contributed by atoms with E-state index in [1.807, 2.05) is 6.92 Å². The SMILES string of the molecule is CCCCCCCC/C=C\CCCCCCCCCC(C)CC(=O)O. The molecule has 0 aromatic heterocycles. The molecule has 0 spiro atoms. The number of carboxylic acid groups (broad SMARTS) is 1. The number of hydrogen-bond acceptors (Lipinski definition) is 1. The topological polar surface area (TPSA) is 37.3 Å². The molecule has 0 bridgehead atoms. The molecule has 0 fully saturated rings. The summed E-state index contributed by atoms with van der Waals surface area (Å²) in [6, 6.07) is 0. The summed E-state index contributed by atoms with van der Waals surface area (Å²) >= 11 is 0. The van der Waals surface area contributed by atoms with Gasteiger partial charge in [0.1, 0.15) is 0 Å². The van der Waals surface area contributed by atoms with Crippen LogP contribution in [0.3, 0.4) is 0 Å². The third-order valence-corrected chi connectivity index (χ3v) is 4.98. The lowest BCUT2D eigenvalue weighted by molar-refractivity contribution is -0.138. The molecule has 2 heteroatoms. The lowest BCUT2D eigenvalue weighted by Crippen LogP contribution is -2.03. The number of carbonyl (C=O) groups is 1. The highest BCUT2D eigenvalue weighted by atomic mass is 16.4. The zero-order valence-electron chi connectivity index (χ0n) is 17.1. The van der Waals surface area contributed by atoms with E-state index in [2.05, 4.69) is 19.1 Å². The van der Waals surface area contributed by atoms with Crippen LogP contribution in [0.15, 0.2) is 12.2 Å². The first-order valence-electron chi connectivity index (χ1n) is 11.0. The van der Waals surface area contributed by atoms with Crippen molar-refractivity contribution >= 4 is 5.97 Å². The molecule has 0 heterocycles. The second kappa shape index (κ2) is 19.5. The van der Waals surface area contributed by atoms with E-state index < -0.39 is 5.97 Å².